The zero-order valence-electron chi connectivity index (χ0n) is 16.0. The highest BCUT2D eigenvalue weighted by Gasteiger charge is 2.37. The fourth-order valence-electron chi connectivity index (χ4n) is 2.98. The average Bonchev–Trinajstić information content (AvgIpc) is 2.80. The van der Waals surface area contributed by atoms with Crippen LogP contribution in [-0.4, -0.2) is 53.9 Å². The maximum atomic E-state index is 12.8. The number of rotatable bonds is 7. The Morgan fingerprint density at radius 1 is 1.36 bits per heavy atom. The van der Waals surface area contributed by atoms with Crippen molar-refractivity contribution in [3.05, 3.63) is 24.4 Å². The normalized spacial score (nSPS) is 22.3. The Morgan fingerprint density at radius 3 is 2.68 bits per heavy atom. The number of aromatic nitrogens is 1. The van der Waals surface area contributed by atoms with E-state index >= 15 is 0 Å². The van der Waals surface area contributed by atoms with Crippen LogP contribution in [-0.2, 0) is 24.4 Å². The van der Waals surface area contributed by atoms with E-state index < -0.39 is 33.9 Å². The third-order valence-electron chi connectivity index (χ3n) is 4.90. The van der Waals surface area contributed by atoms with Gasteiger partial charge in [0, 0.05) is 24.6 Å². The molecule has 1 fully saturated rings. The largest absolute Gasteiger partial charge is 0.369 e. The Bertz CT molecular complexity index is 828. The number of Topliss-reactive ketones (excluding diaryl/α,β-unsaturated/α-hetero) is 1. The van der Waals surface area contributed by atoms with Crippen LogP contribution in [0.4, 0.5) is 0 Å². The van der Waals surface area contributed by atoms with Crippen molar-refractivity contribution in [1.29, 1.82) is 0 Å². The monoisotopic (exact) mass is 410 g/mol. The third kappa shape index (κ3) is 5.35. The summed E-state index contributed by atoms with van der Waals surface area (Å²) in [6.07, 6.45) is 2.50. The molecule has 3 N–H and O–H groups in total. The number of nitrogens with one attached hydrogen (secondary N) is 1. The highest BCUT2D eigenvalue weighted by atomic mass is 32.2. The molecule has 0 spiro atoms. The SMILES string of the molecule is C[C@@H](CCC(=O)N[C@@H]1CC[C@H](C)N(S(=O)(=O)c2ccccn2)CC1=O)C(N)=O. The smallest absolute Gasteiger partial charge is 0.261 e. The molecule has 2 rings (SSSR count). The first kappa shape index (κ1) is 22.0. The molecule has 1 aliphatic rings. The number of pyridine rings is 1. The molecule has 3 atom stereocenters. The predicted octanol–water partition coefficient (Wildman–Crippen LogP) is 0.210. The summed E-state index contributed by atoms with van der Waals surface area (Å²) < 4.78 is 26.8. The van der Waals surface area contributed by atoms with Gasteiger partial charge in [-0.25, -0.2) is 13.4 Å². The van der Waals surface area contributed by atoms with Crippen LogP contribution >= 0.6 is 0 Å². The number of sulfonamides is 1. The molecule has 0 saturated carbocycles. The molecule has 2 heterocycles. The van der Waals surface area contributed by atoms with Crippen molar-refractivity contribution in [3.8, 4) is 0 Å². The molecule has 0 radical (unpaired) electrons. The van der Waals surface area contributed by atoms with Gasteiger partial charge in [-0.15, -0.1) is 0 Å². The summed E-state index contributed by atoms with van der Waals surface area (Å²) in [4.78, 5) is 39.7. The number of hydrogen-bond donors (Lipinski definition) is 2. The van der Waals surface area contributed by atoms with Crippen molar-refractivity contribution in [1.82, 2.24) is 14.6 Å². The average molecular weight is 410 g/mol. The molecule has 28 heavy (non-hydrogen) atoms. The van der Waals surface area contributed by atoms with Gasteiger partial charge in [-0.3, -0.25) is 14.4 Å². The molecule has 154 valence electrons. The lowest BCUT2D eigenvalue weighted by Gasteiger charge is -2.24. The number of hydrogen-bond acceptors (Lipinski definition) is 6. The summed E-state index contributed by atoms with van der Waals surface area (Å²) >= 11 is 0. The van der Waals surface area contributed by atoms with Crippen molar-refractivity contribution in [2.24, 2.45) is 11.7 Å². The topological polar surface area (TPSA) is 140 Å². The van der Waals surface area contributed by atoms with Crippen LogP contribution in [0.5, 0.6) is 0 Å². The fourth-order valence-corrected chi connectivity index (χ4v) is 4.54. The Balaban J connectivity index is 2.05. The first-order chi connectivity index (χ1) is 13.1. The van der Waals surface area contributed by atoms with E-state index in [1.807, 2.05) is 0 Å². The molecule has 1 aromatic rings. The van der Waals surface area contributed by atoms with Crippen molar-refractivity contribution < 1.29 is 22.8 Å². The number of carbonyl (C=O) groups is 3. The lowest BCUT2D eigenvalue weighted by molar-refractivity contribution is -0.128. The Hall–Kier alpha value is -2.33. The highest BCUT2D eigenvalue weighted by molar-refractivity contribution is 7.89. The van der Waals surface area contributed by atoms with Crippen molar-refractivity contribution in [3.63, 3.8) is 0 Å². The quantitative estimate of drug-likeness (QED) is 0.659. The van der Waals surface area contributed by atoms with Gasteiger partial charge < -0.3 is 11.1 Å². The van der Waals surface area contributed by atoms with Crippen molar-refractivity contribution in [2.45, 2.75) is 56.6 Å². The zero-order valence-corrected chi connectivity index (χ0v) is 16.8. The van der Waals surface area contributed by atoms with E-state index in [1.54, 1.807) is 26.0 Å². The van der Waals surface area contributed by atoms with Gasteiger partial charge >= 0.3 is 0 Å². The lowest BCUT2D eigenvalue weighted by Crippen LogP contribution is -2.45. The van der Waals surface area contributed by atoms with Gasteiger partial charge in [0.05, 0.1) is 12.6 Å². The summed E-state index contributed by atoms with van der Waals surface area (Å²) in [7, 11) is -3.91. The number of ketones is 1. The van der Waals surface area contributed by atoms with Gasteiger partial charge in [0.15, 0.2) is 10.8 Å². The second-order valence-electron chi connectivity index (χ2n) is 7.07. The van der Waals surface area contributed by atoms with Crippen LogP contribution < -0.4 is 11.1 Å². The van der Waals surface area contributed by atoms with Gasteiger partial charge in [-0.05, 0) is 38.3 Å². The minimum absolute atomic E-state index is 0.0688. The third-order valence-corrected chi connectivity index (χ3v) is 6.78. The summed E-state index contributed by atoms with van der Waals surface area (Å²) in [5.41, 5.74) is 5.18. The van der Waals surface area contributed by atoms with Gasteiger partial charge in [-0.1, -0.05) is 13.0 Å². The van der Waals surface area contributed by atoms with Gasteiger partial charge in [0.1, 0.15) is 0 Å². The first-order valence-electron chi connectivity index (χ1n) is 9.17. The van der Waals surface area contributed by atoms with Crippen molar-refractivity contribution >= 4 is 27.6 Å². The van der Waals surface area contributed by atoms with E-state index in [4.69, 9.17) is 5.73 Å². The molecule has 10 heteroatoms. The van der Waals surface area contributed by atoms with Crippen LogP contribution in [0.15, 0.2) is 29.4 Å². The predicted molar refractivity (Wildman–Crippen MR) is 101 cm³/mol. The standard InChI is InChI=1S/C18H26N4O5S/c1-12(18(19)25)6-9-16(24)21-14-8-7-13(2)22(11-15(14)23)28(26,27)17-5-3-4-10-20-17/h3-5,10,12-14H,6-9,11H2,1-2H3,(H2,19,25)(H,21,24)/t12-,13-,14+/m0/s1. The maximum absolute atomic E-state index is 12.8. The second kappa shape index (κ2) is 9.24. The Morgan fingerprint density at radius 2 is 2.07 bits per heavy atom. The van der Waals surface area contributed by atoms with Gasteiger partial charge in [0.25, 0.3) is 10.0 Å². The molecule has 1 aliphatic heterocycles. The molecular formula is C18H26N4O5S. The van der Waals surface area contributed by atoms with E-state index in [-0.39, 0.29) is 29.7 Å². The van der Waals surface area contributed by atoms with E-state index in [0.717, 1.165) is 4.31 Å². The van der Waals surface area contributed by atoms with E-state index in [1.165, 1.54) is 12.3 Å². The lowest BCUT2D eigenvalue weighted by atomic mass is 10.0. The molecule has 0 unspecified atom stereocenters. The van der Waals surface area contributed by atoms with E-state index in [0.29, 0.717) is 19.3 Å². The van der Waals surface area contributed by atoms with Crippen LogP contribution in [0.25, 0.3) is 0 Å². The summed E-state index contributed by atoms with van der Waals surface area (Å²) in [5, 5.41) is 2.54. The number of nitrogens with two attached hydrogens (primary N) is 1. The summed E-state index contributed by atoms with van der Waals surface area (Å²) in [5.74, 6) is -1.66. The molecule has 0 bridgehead atoms. The minimum Gasteiger partial charge on any atom is -0.369 e. The molecule has 9 nitrogen and oxygen atoms in total. The second-order valence-corrected chi connectivity index (χ2v) is 8.91. The van der Waals surface area contributed by atoms with Crippen LogP contribution in [0, 0.1) is 5.92 Å². The molecule has 1 aromatic heterocycles. The number of nitrogens with zero attached hydrogens (tertiary/aromatic N) is 2. The van der Waals surface area contributed by atoms with E-state index in [9.17, 15) is 22.8 Å². The minimum atomic E-state index is -3.91. The number of amides is 2. The zero-order chi connectivity index (χ0) is 20.9. The first-order valence-corrected chi connectivity index (χ1v) is 10.6. The highest BCUT2D eigenvalue weighted by Crippen LogP contribution is 2.22. The fraction of sp³-hybridized carbons (Fsp3) is 0.556. The Kier molecular flexibility index (Phi) is 7.25. The van der Waals surface area contributed by atoms with Crippen LogP contribution in [0.3, 0.4) is 0 Å². The summed E-state index contributed by atoms with van der Waals surface area (Å²) in [6.45, 7) is 3.03. The number of carbonyl (C=O) groups excluding carboxylic acids is 3. The summed E-state index contributed by atoms with van der Waals surface area (Å²) in [6, 6.07) is 3.40. The van der Waals surface area contributed by atoms with Gasteiger partial charge in [0.2, 0.25) is 11.8 Å². The van der Waals surface area contributed by atoms with Crippen LogP contribution in [0.2, 0.25) is 0 Å². The van der Waals surface area contributed by atoms with Gasteiger partial charge in [-0.2, -0.15) is 4.31 Å². The molecular weight excluding hydrogens is 384 g/mol. The van der Waals surface area contributed by atoms with Crippen LogP contribution in [0.1, 0.15) is 39.5 Å². The molecule has 0 aliphatic carbocycles. The Labute approximate surface area is 164 Å². The molecule has 2 amide bonds. The molecule has 0 aromatic carbocycles. The number of primary amides is 1. The van der Waals surface area contributed by atoms with E-state index in [2.05, 4.69) is 10.3 Å². The molecule has 1 saturated heterocycles. The maximum Gasteiger partial charge on any atom is 0.261 e. The van der Waals surface area contributed by atoms with Crippen molar-refractivity contribution in [2.75, 3.05) is 6.54 Å².